The summed E-state index contributed by atoms with van der Waals surface area (Å²) in [5.74, 6) is -1.69. The van der Waals surface area contributed by atoms with Gasteiger partial charge in [0.15, 0.2) is 0 Å². The van der Waals surface area contributed by atoms with Gasteiger partial charge in [-0.05, 0) is 0 Å². The van der Waals surface area contributed by atoms with Crippen LogP contribution in [0.4, 0.5) is 5.69 Å². The summed E-state index contributed by atoms with van der Waals surface area (Å²) in [4.78, 5) is 23.3. The maximum absolute atomic E-state index is 12.5. The molecule has 1 unspecified atom stereocenters. The van der Waals surface area contributed by atoms with Crippen LogP contribution in [0.3, 0.4) is 0 Å². The number of phenols is 1. The molecular weight excluding hydrogens is 445 g/mol. The van der Waals surface area contributed by atoms with Crippen molar-refractivity contribution in [1.29, 1.82) is 0 Å². The van der Waals surface area contributed by atoms with Crippen molar-refractivity contribution in [3.63, 3.8) is 0 Å². The summed E-state index contributed by atoms with van der Waals surface area (Å²) in [7, 11) is 0. The van der Waals surface area contributed by atoms with Crippen molar-refractivity contribution in [2.45, 2.75) is 6.92 Å². The molecule has 2 aromatic carbocycles. The third kappa shape index (κ3) is 4.50. The molecule has 1 atom stereocenters. The number of phenolic OH excluding ortho intramolecular Hbond substituents is 1. The zero-order chi connectivity index (χ0) is 17.9. The molecule has 0 aliphatic carbocycles. The molecule has 0 saturated carbocycles. The molecule has 24 heavy (non-hydrogen) atoms. The second-order valence-corrected chi connectivity index (χ2v) is 9.29. The van der Waals surface area contributed by atoms with E-state index >= 15 is 0 Å². The van der Waals surface area contributed by atoms with Crippen molar-refractivity contribution in [3.05, 3.63) is 52.5 Å². The third-order valence-corrected chi connectivity index (χ3v) is 6.32. The molecule has 3 N–H and O–H groups in total. The molecule has 0 aliphatic heterocycles. The van der Waals surface area contributed by atoms with Crippen LogP contribution in [0.1, 0.15) is 17.3 Å². The van der Waals surface area contributed by atoms with Gasteiger partial charge in [0.2, 0.25) is 0 Å². The molecule has 2 aromatic rings. The molecule has 1 amide bonds. The van der Waals surface area contributed by atoms with E-state index < -0.39 is 26.0 Å². The summed E-state index contributed by atoms with van der Waals surface area (Å²) in [6, 6.07) is 9.56. The van der Waals surface area contributed by atoms with Gasteiger partial charge >= 0.3 is 149 Å². The van der Waals surface area contributed by atoms with Gasteiger partial charge in [0.25, 0.3) is 0 Å². The molecule has 0 fully saturated rings. The van der Waals surface area contributed by atoms with Gasteiger partial charge < -0.3 is 0 Å². The Morgan fingerprint density at radius 2 is 1.92 bits per heavy atom. The van der Waals surface area contributed by atoms with E-state index in [0.29, 0.717) is 4.47 Å². The zero-order valence-electron chi connectivity index (χ0n) is 12.4. The van der Waals surface area contributed by atoms with Crippen LogP contribution in [0.15, 0.2) is 46.9 Å². The molecule has 0 bridgehead atoms. The van der Waals surface area contributed by atoms with Gasteiger partial charge in [0, 0.05) is 0 Å². The SMILES string of the molecule is CC(=O)Nc1cc(O)ccc1[As](=O)(O)OC(=O)c1cccc(Br)c1. The number of amides is 1. The molecule has 7 nitrogen and oxygen atoms in total. The van der Waals surface area contributed by atoms with Crippen molar-refractivity contribution >= 4 is 52.0 Å². The molecule has 9 heteroatoms. The average Bonchev–Trinajstić information content (AvgIpc) is 2.45. The third-order valence-electron chi connectivity index (χ3n) is 2.86. The van der Waals surface area contributed by atoms with Gasteiger partial charge in [-0.2, -0.15) is 0 Å². The summed E-state index contributed by atoms with van der Waals surface area (Å²) in [6.45, 7) is 1.20. The molecule has 126 valence electrons. The molecular formula is C15H13AsBrNO6. The first-order chi connectivity index (χ1) is 11.2. The van der Waals surface area contributed by atoms with Crippen molar-refractivity contribution < 1.29 is 26.3 Å². The zero-order valence-corrected chi connectivity index (χ0v) is 15.9. The van der Waals surface area contributed by atoms with Gasteiger partial charge in [0.1, 0.15) is 0 Å². The number of hydrogen-bond donors (Lipinski definition) is 3. The fraction of sp³-hybridized carbons (Fsp3) is 0.0667. The number of anilines is 1. The fourth-order valence-electron chi connectivity index (χ4n) is 1.89. The van der Waals surface area contributed by atoms with E-state index in [1.807, 2.05) is 0 Å². The number of carbonyl (C=O) groups is 2. The van der Waals surface area contributed by atoms with Crippen LogP contribution in [0.5, 0.6) is 5.75 Å². The first-order valence-corrected chi connectivity index (χ1v) is 10.7. The summed E-state index contributed by atoms with van der Waals surface area (Å²) in [5, 5.41) is 11.8. The predicted octanol–water partition coefficient (Wildman–Crippen LogP) is 1.54. The maximum atomic E-state index is 12.5. The average molecular weight is 458 g/mol. The second-order valence-electron chi connectivity index (χ2n) is 4.79. The van der Waals surface area contributed by atoms with Crippen LogP contribution in [0.25, 0.3) is 0 Å². The number of hydrogen-bond acceptors (Lipinski definition) is 5. The molecule has 2 rings (SSSR count). The minimum atomic E-state index is -5.31. The monoisotopic (exact) mass is 457 g/mol. The van der Waals surface area contributed by atoms with Crippen LogP contribution in [0, 0.1) is 0 Å². The van der Waals surface area contributed by atoms with E-state index in [-0.39, 0.29) is 21.4 Å². The summed E-state index contributed by atoms with van der Waals surface area (Å²) in [6.07, 6.45) is 0. The summed E-state index contributed by atoms with van der Waals surface area (Å²) < 4.78 is 27.9. The van der Waals surface area contributed by atoms with Gasteiger partial charge in [-0.3, -0.25) is 0 Å². The van der Waals surface area contributed by atoms with Crippen LogP contribution in [-0.2, 0) is 12.3 Å². The number of rotatable bonds is 4. The van der Waals surface area contributed by atoms with Gasteiger partial charge in [-0.1, -0.05) is 0 Å². The molecule has 0 saturated heterocycles. The quantitative estimate of drug-likeness (QED) is 0.600. The van der Waals surface area contributed by atoms with E-state index in [1.54, 1.807) is 12.1 Å². The second kappa shape index (κ2) is 7.25. The van der Waals surface area contributed by atoms with Crippen molar-refractivity contribution in [3.8, 4) is 5.75 Å². The number of carbonyl (C=O) groups excluding carboxylic acids is 2. The molecule has 0 heterocycles. The van der Waals surface area contributed by atoms with Crippen LogP contribution >= 0.6 is 15.9 Å². The summed E-state index contributed by atoms with van der Waals surface area (Å²) >= 11 is -2.12. The number of benzene rings is 2. The van der Waals surface area contributed by atoms with Crippen LogP contribution in [-0.4, -0.2) is 35.3 Å². The minimum absolute atomic E-state index is 0.0884. The molecule has 0 aliphatic rings. The fourth-order valence-corrected chi connectivity index (χ4v) is 4.63. The van der Waals surface area contributed by atoms with Gasteiger partial charge in [0.05, 0.1) is 0 Å². The van der Waals surface area contributed by atoms with E-state index in [9.17, 15) is 22.5 Å². The first kappa shape index (κ1) is 18.3. The Balaban J connectivity index is 2.35. The Bertz CT molecular complexity index is 854. The van der Waals surface area contributed by atoms with E-state index in [4.69, 9.17) is 3.73 Å². The molecule has 0 aromatic heterocycles. The molecule has 0 spiro atoms. The number of halogens is 1. The Morgan fingerprint density at radius 1 is 1.21 bits per heavy atom. The van der Waals surface area contributed by atoms with E-state index in [1.165, 1.54) is 19.1 Å². The van der Waals surface area contributed by atoms with Crippen molar-refractivity contribution in [1.82, 2.24) is 0 Å². The van der Waals surface area contributed by atoms with Gasteiger partial charge in [-0.15, -0.1) is 0 Å². The number of nitrogens with one attached hydrogen (secondary N) is 1. The van der Waals surface area contributed by atoms with Gasteiger partial charge in [-0.25, -0.2) is 0 Å². The van der Waals surface area contributed by atoms with Crippen LogP contribution in [0.2, 0.25) is 0 Å². The topological polar surface area (TPSA) is 113 Å². The molecule has 0 radical (unpaired) electrons. The number of aromatic hydroxyl groups is 1. The summed E-state index contributed by atoms with van der Waals surface area (Å²) in [5.41, 5.74) is 0.00875. The Morgan fingerprint density at radius 3 is 2.54 bits per heavy atom. The van der Waals surface area contributed by atoms with Crippen molar-refractivity contribution in [2.24, 2.45) is 0 Å². The Hall–Kier alpha value is -2.02. The van der Waals surface area contributed by atoms with Crippen molar-refractivity contribution in [2.75, 3.05) is 5.32 Å². The Labute approximate surface area is 148 Å². The normalized spacial score (nSPS) is 13.0. The standard InChI is InChI=1S/C15H13AsBrNO6/c1-9(19)18-14-8-12(20)5-6-13(14)16(22,23)24-15(21)10-3-2-4-11(17)7-10/h2-8,20H,1H3,(H,18,19)(H,22,23). The Kier molecular flexibility index (Phi) is 5.54. The van der Waals surface area contributed by atoms with E-state index in [0.717, 1.165) is 18.2 Å². The van der Waals surface area contributed by atoms with Crippen LogP contribution < -0.4 is 9.67 Å². The van der Waals surface area contributed by atoms with E-state index in [2.05, 4.69) is 21.2 Å². The predicted molar refractivity (Wildman–Crippen MR) is 90.3 cm³/mol. The first-order valence-electron chi connectivity index (χ1n) is 6.62.